The standard InChI is InChI=1S/C88H58F2N6O4/c1-91-88-77(89)39-38-76(87(88)90)78-48-56(40-41-92-78)52-97-64-34-36-65(37-35-64)98-55-59-46-66(99-53-57-42-60(93-79-26-10-2-18-68(79)69-19-3-11-27-80(69)93)49-61(43-57)94-81-28-12-4-20-70(81)71-21-5-13-29-82(71)94)51-67(47-59)100-54-58-44-62(95-83-30-14-6-22-72(83)73-23-7-15-31-84(73)95)50-63(45-58)96-85-32-16-8-24-74(85)75-25-9-17-33-86(75)96/h2-51H,52-55H2. The monoisotopic (exact) mass is 1300 g/mol. The number of rotatable bonds is 17. The number of fused-ring (bicyclic) bond motifs is 12. The quantitative estimate of drug-likeness (QED) is 0.0850. The predicted octanol–water partition coefficient (Wildman–Crippen LogP) is 22.3. The first-order chi connectivity index (χ1) is 49.3. The number of pyridine rings is 1. The lowest BCUT2D eigenvalue weighted by molar-refractivity contribution is 0.281. The smallest absolute Gasteiger partial charge is 0.257 e. The zero-order valence-corrected chi connectivity index (χ0v) is 53.8. The number of hydrogen-bond donors (Lipinski definition) is 0. The molecule has 0 radical (unpaired) electrons. The Labute approximate surface area is 573 Å². The Morgan fingerprint density at radius 2 is 0.600 bits per heavy atom. The number of ether oxygens (including phenoxy) is 4. The van der Waals surface area contributed by atoms with Gasteiger partial charge >= 0.3 is 0 Å². The number of halogens is 2. The van der Waals surface area contributed by atoms with Crippen LogP contribution < -0.4 is 18.9 Å². The second kappa shape index (κ2) is 24.8. The highest BCUT2D eigenvalue weighted by molar-refractivity contribution is 6.12. The molecule has 12 heteroatoms. The fourth-order valence-electron chi connectivity index (χ4n) is 14.5. The molecule has 5 aromatic heterocycles. The van der Waals surface area contributed by atoms with Crippen LogP contribution in [0.5, 0.6) is 23.0 Å². The second-order valence-electron chi connectivity index (χ2n) is 25.1. The first kappa shape index (κ1) is 59.3. The van der Waals surface area contributed by atoms with E-state index < -0.39 is 17.3 Å². The Bertz CT molecular complexity index is 5540. The summed E-state index contributed by atoms with van der Waals surface area (Å²) in [6, 6.07) is 101. The molecule has 478 valence electrons. The lowest BCUT2D eigenvalue weighted by Crippen LogP contribution is -2.05. The summed E-state index contributed by atoms with van der Waals surface area (Å²) in [5, 5.41) is 9.40. The van der Waals surface area contributed by atoms with Crippen LogP contribution in [0.15, 0.2) is 303 Å². The van der Waals surface area contributed by atoms with Gasteiger partial charge in [-0.15, -0.1) is 0 Å². The molecule has 0 saturated heterocycles. The number of hydrogen-bond acceptors (Lipinski definition) is 5. The van der Waals surface area contributed by atoms with Crippen LogP contribution in [0.2, 0.25) is 0 Å². The molecule has 0 fully saturated rings. The van der Waals surface area contributed by atoms with Crippen LogP contribution in [0.25, 0.3) is 126 Å². The van der Waals surface area contributed by atoms with Gasteiger partial charge in [0, 0.05) is 83.7 Å². The molecule has 0 N–H and O–H groups in total. The first-order valence-corrected chi connectivity index (χ1v) is 33.1. The fourth-order valence-corrected chi connectivity index (χ4v) is 14.5. The van der Waals surface area contributed by atoms with Crippen molar-refractivity contribution < 1.29 is 27.7 Å². The van der Waals surface area contributed by atoms with E-state index in [-0.39, 0.29) is 37.7 Å². The van der Waals surface area contributed by atoms with Gasteiger partial charge in [-0.1, -0.05) is 146 Å². The van der Waals surface area contributed by atoms with Crippen molar-refractivity contribution in [3.05, 3.63) is 349 Å². The van der Waals surface area contributed by atoms with Gasteiger partial charge in [-0.2, -0.15) is 0 Å². The van der Waals surface area contributed by atoms with Gasteiger partial charge in [0.25, 0.3) is 5.69 Å². The van der Waals surface area contributed by atoms with Crippen molar-refractivity contribution in [3.63, 3.8) is 0 Å². The summed E-state index contributed by atoms with van der Waals surface area (Å²) in [6.45, 7) is 8.03. The van der Waals surface area contributed by atoms with Crippen molar-refractivity contribution in [3.8, 4) is 57.0 Å². The number of para-hydroxylation sites is 8. The molecule has 100 heavy (non-hydrogen) atoms. The van der Waals surface area contributed by atoms with E-state index >= 15 is 4.39 Å². The molecule has 18 rings (SSSR count). The third-order valence-corrected chi connectivity index (χ3v) is 18.9. The summed E-state index contributed by atoms with van der Waals surface area (Å²) in [5.74, 6) is 0.500. The minimum absolute atomic E-state index is 0.0317. The van der Waals surface area contributed by atoms with Crippen molar-refractivity contribution >= 4 is 92.9 Å². The Kier molecular flexibility index (Phi) is 14.7. The molecular formula is C88H58F2N6O4. The molecule has 0 bridgehead atoms. The number of nitrogens with zero attached hydrogens (tertiary/aromatic N) is 6. The van der Waals surface area contributed by atoms with Crippen LogP contribution in [-0.2, 0) is 26.4 Å². The minimum Gasteiger partial charge on any atom is -0.489 e. The molecule has 0 atom stereocenters. The SMILES string of the molecule is [C-]#[N+]c1c(F)ccc(-c2cc(COc3ccc(OCc4cc(OCc5cc(-n6c7ccccc7c7ccccc76)cc(-n6c7ccccc7c7ccccc76)c5)cc(OCc5cc(-n6c7ccccc7c7ccccc76)cc(-n6c7ccccc7c7ccccc76)c5)c4)cc3)ccn2)c1F. The van der Waals surface area contributed by atoms with Crippen LogP contribution in [0.4, 0.5) is 14.5 Å². The largest absolute Gasteiger partial charge is 0.489 e. The Morgan fingerprint density at radius 3 is 0.930 bits per heavy atom. The fraction of sp³-hybridized carbons (Fsp3) is 0.0455. The number of aromatic nitrogens is 5. The van der Waals surface area contributed by atoms with Gasteiger partial charge in [-0.05, 0) is 168 Å². The second-order valence-corrected chi connectivity index (χ2v) is 25.1. The summed E-state index contributed by atoms with van der Waals surface area (Å²) >= 11 is 0. The molecule has 0 aliphatic heterocycles. The molecule has 0 amide bonds. The molecule has 0 spiro atoms. The van der Waals surface area contributed by atoms with E-state index in [0.717, 1.165) is 89.6 Å². The highest BCUT2D eigenvalue weighted by Crippen LogP contribution is 2.41. The van der Waals surface area contributed by atoms with Gasteiger partial charge in [-0.25, -0.2) is 13.6 Å². The minimum atomic E-state index is -0.953. The van der Waals surface area contributed by atoms with Gasteiger partial charge < -0.3 is 37.2 Å². The lowest BCUT2D eigenvalue weighted by Gasteiger charge is -2.18. The molecule has 0 unspecified atom stereocenters. The van der Waals surface area contributed by atoms with E-state index in [1.54, 1.807) is 12.1 Å². The Hall–Kier alpha value is -13.2. The zero-order valence-electron chi connectivity index (χ0n) is 53.8. The first-order valence-electron chi connectivity index (χ1n) is 33.1. The maximum Gasteiger partial charge on any atom is 0.257 e. The van der Waals surface area contributed by atoms with Gasteiger partial charge in [0.05, 0.1) is 56.4 Å². The van der Waals surface area contributed by atoms with Crippen LogP contribution >= 0.6 is 0 Å². The zero-order chi connectivity index (χ0) is 66.8. The summed E-state index contributed by atoms with van der Waals surface area (Å²) < 4.78 is 65.8. The van der Waals surface area contributed by atoms with Gasteiger partial charge in [0.2, 0.25) is 0 Å². The maximum atomic E-state index is 15.2. The van der Waals surface area contributed by atoms with Gasteiger partial charge in [-0.3, -0.25) is 4.98 Å². The van der Waals surface area contributed by atoms with Crippen molar-refractivity contribution in [1.82, 2.24) is 23.3 Å². The highest BCUT2D eigenvalue weighted by atomic mass is 19.1. The molecule has 5 heterocycles. The average molecular weight is 1300 g/mol. The van der Waals surface area contributed by atoms with E-state index in [2.05, 4.69) is 259 Å². The van der Waals surface area contributed by atoms with Crippen LogP contribution in [0.3, 0.4) is 0 Å². The molecule has 0 saturated carbocycles. The molecule has 0 aliphatic rings. The summed E-state index contributed by atoms with van der Waals surface area (Å²) in [5.41, 5.74) is 15.9. The van der Waals surface area contributed by atoms with Crippen LogP contribution in [0.1, 0.15) is 22.3 Å². The Balaban J connectivity index is 0.707. The molecule has 0 aliphatic carbocycles. The van der Waals surface area contributed by atoms with E-state index in [1.807, 2.05) is 42.5 Å². The third-order valence-electron chi connectivity index (χ3n) is 18.9. The van der Waals surface area contributed by atoms with Crippen molar-refractivity contribution in [2.75, 3.05) is 0 Å². The van der Waals surface area contributed by atoms with E-state index in [0.29, 0.717) is 28.6 Å². The van der Waals surface area contributed by atoms with E-state index in [1.165, 1.54) is 55.4 Å². The van der Waals surface area contributed by atoms with Gasteiger partial charge in [0.1, 0.15) is 61.1 Å². The van der Waals surface area contributed by atoms with Crippen LogP contribution in [-0.4, -0.2) is 23.3 Å². The summed E-state index contributed by atoms with van der Waals surface area (Å²) in [7, 11) is 0. The highest BCUT2D eigenvalue weighted by Gasteiger charge is 2.22. The summed E-state index contributed by atoms with van der Waals surface area (Å²) in [6.07, 6.45) is 1.53. The molecule has 13 aromatic carbocycles. The van der Waals surface area contributed by atoms with Crippen molar-refractivity contribution in [2.24, 2.45) is 0 Å². The van der Waals surface area contributed by atoms with E-state index in [9.17, 15) is 4.39 Å². The topological polar surface area (TPSA) is 73.9 Å². The van der Waals surface area contributed by atoms with Crippen molar-refractivity contribution in [1.29, 1.82) is 0 Å². The molecule has 18 aromatic rings. The predicted molar refractivity (Wildman–Crippen MR) is 396 cm³/mol. The van der Waals surface area contributed by atoms with Gasteiger partial charge in [0.15, 0.2) is 0 Å². The van der Waals surface area contributed by atoms with Crippen LogP contribution in [0, 0.1) is 18.2 Å². The maximum absolute atomic E-state index is 15.2. The molecular weight excluding hydrogens is 1240 g/mol. The lowest BCUT2D eigenvalue weighted by atomic mass is 10.1. The normalized spacial score (nSPS) is 11.7. The summed E-state index contributed by atoms with van der Waals surface area (Å²) in [4.78, 5) is 7.35. The average Bonchev–Trinajstić information content (AvgIpc) is 1.58. The Morgan fingerprint density at radius 1 is 0.300 bits per heavy atom. The third kappa shape index (κ3) is 10.5. The molecule has 10 nitrogen and oxygen atoms in total. The van der Waals surface area contributed by atoms with Crippen molar-refractivity contribution in [2.45, 2.75) is 26.4 Å². The van der Waals surface area contributed by atoms with E-state index in [4.69, 9.17) is 25.5 Å². The number of benzene rings is 13.